The molecular weight excluding hydrogens is 338 g/mol. The van der Waals surface area contributed by atoms with Crippen molar-refractivity contribution >= 4 is 22.4 Å². The Morgan fingerprint density at radius 3 is 2.88 bits per heavy atom. The Morgan fingerprint density at radius 2 is 2.12 bits per heavy atom. The highest BCUT2D eigenvalue weighted by Crippen LogP contribution is 2.21. The fraction of sp³-hybridized carbons (Fsp3) is 0.375. The van der Waals surface area contributed by atoms with Crippen molar-refractivity contribution in [1.82, 2.24) is 30.4 Å². The molecule has 1 aromatic carbocycles. The molecule has 0 atom stereocenters. The molecule has 1 N–H and O–H groups in total. The lowest BCUT2D eigenvalue weighted by Gasteiger charge is -2.05. The fourth-order valence-electron chi connectivity index (χ4n) is 2.33. The van der Waals surface area contributed by atoms with Gasteiger partial charge in [-0.05, 0) is 35.4 Å². The number of carbonyl (C=O) groups is 1. The summed E-state index contributed by atoms with van der Waals surface area (Å²) in [5.41, 5.74) is 1.31. The highest BCUT2D eigenvalue weighted by molar-refractivity contribution is 7.15. The summed E-state index contributed by atoms with van der Waals surface area (Å²) in [6.45, 7) is 6.85. The number of anilines is 1. The first-order chi connectivity index (χ1) is 12.1. The van der Waals surface area contributed by atoms with Gasteiger partial charge in [-0.3, -0.25) is 10.1 Å². The summed E-state index contributed by atoms with van der Waals surface area (Å²) in [7, 11) is 0. The molecule has 0 aliphatic rings. The van der Waals surface area contributed by atoms with Crippen LogP contribution < -0.4 is 5.32 Å². The number of benzene rings is 1. The van der Waals surface area contributed by atoms with Crippen LogP contribution in [-0.4, -0.2) is 36.3 Å². The number of nitrogens with one attached hydrogen (secondary N) is 1. The summed E-state index contributed by atoms with van der Waals surface area (Å²) >= 11 is 1.40. The fourth-order valence-corrected chi connectivity index (χ4v) is 3.28. The van der Waals surface area contributed by atoms with E-state index in [1.165, 1.54) is 11.3 Å². The van der Waals surface area contributed by atoms with Crippen LogP contribution in [0.2, 0.25) is 0 Å². The predicted octanol–water partition coefficient (Wildman–Crippen LogP) is 2.66. The summed E-state index contributed by atoms with van der Waals surface area (Å²) in [6.07, 6.45) is 0.850. The van der Waals surface area contributed by atoms with Crippen LogP contribution in [0.5, 0.6) is 0 Å². The molecule has 0 aliphatic carbocycles. The predicted molar refractivity (Wildman–Crippen MR) is 95.3 cm³/mol. The number of amides is 1. The van der Waals surface area contributed by atoms with Gasteiger partial charge in [-0.1, -0.05) is 37.3 Å². The second-order valence-electron chi connectivity index (χ2n) is 5.95. The van der Waals surface area contributed by atoms with Crippen molar-refractivity contribution in [3.8, 4) is 11.4 Å². The molecule has 3 rings (SSSR count). The van der Waals surface area contributed by atoms with Gasteiger partial charge in [0.1, 0.15) is 5.01 Å². The Hall–Kier alpha value is -2.68. The van der Waals surface area contributed by atoms with Gasteiger partial charge >= 0.3 is 0 Å². The molecule has 1 amide bonds. The molecule has 0 saturated heterocycles. The lowest BCUT2D eigenvalue weighted by atomic mass is 10.1. The minimum absolute atomic E-state index is 0.232. The Labute approximate surface area is 149 Å². The van der Waals surface area contributed by atoms with Crippen LogP contribution in [0.4, 0.5) is 5.13 Å². The third-order valence-corrected chi connectivity index (χ3v) is 4.35. The molecule has 130 valence electrons. The Bertz CT molecular complexity index is 871. The van der Waals surface area contributed by atoms with Crippen molar-refractivity contribution in [3.05, 3.63) is 34.8 Å². The maximum absolute atomic E-state index is 12.5. The van der Waals surface area contributed by atoms with Crippen LogP contribution >= 0.6 is 11.3 Å². The van der Waals surface area contributed by atoms with E-state index in [4.69, 9.17) is 0 Å². The number of nitrogens with zero attached hydrogens (tertiary/aromatic N) is 6. The third-order valence-electron chi connectivity index (χ3n) is 3.48. The van der Waals surface area contributed by atoms with Crippen molar-refractivity contribution in [2.45, 2.75) is 33.7 Å². The molecule has 0 radical (unpaired) electrons. The number of tetrazole rings is 1. The molecule has 2 heterocycles. The molecule has 9 heteroatoms. The number of rotatable bonds is 6. The van der Waals surface area contributed by atoms with Gasteiger partial charge in [0.2, 0.25) is 5.13 Å². The molecule has 8 nitrogen and oxygen atoms in total. The topological polar surface area (TPSA) is 98.5 Å². The maximum Gasteiger partial charge on any atom is 0.257 e. The second kappa shape index (κ2) is 7.47. The minimum atomic E-state index is -0.232. The highest BCUT2D eigenvalue weighted by Gasteiger charge is 2.14. The Morgan fingerprint density at radius 1 is 1.28 bits per heavy atom. The van der Waals surface area contributed by atoms with Gasteiger partial charge < -0.3 is 0 Å². The van der Waals surface area contributed by atoms with E-state index in [0.717, 1.165) is 17.0 Å². The van der Waals surface area contributed by atoms with E-state index in [2.05, 4.69) is 44.9 Å². The van der Waals surface area contributed by atoms with Gasteiger partial charge in [-0.2, -0.15) is 0 Å². The van der Waals surface area contributed by atoms with Gasteiger partial charge in [-0.15, -0.1) is 15.3 Å². The van der Waals surface area contributed by atoms with E-state index in [0.29, 0.717) is 29.0 Å². The largest absolute Gasteiger partial charge is 0.296 e. The van der Waals surface area contributed by atoms with Crippen LogP contribution in [-0.2, 0) is 13.0 Å². The average molecular weight is 357 g/mol. The van der Waals surface area contributed by atoms with E-state index >= 15 is 0 Å². The molecule has 25 heavy (non-hydrogen) atoms. The number of hydrogen-bond donors (Lipinski definition) is 1. The standard InChI is InChI=1S/C16H19N7OS/c1-4-23-14(19-21-22-23)11-6-5-7-12(9-11)15(24)17-16-20-18-13(25-16)8-10(2)3/h5-7,9-10H,4,8H2,1-3H3,(H,17,20,24). The zero-order valence-corrected chi connectivity index (χ0v) is 15.1. The molecule has 3 aromatic rings. The van der Waals surface area contributed by atoms with Crippen LogP contribution in [0, 0.1) is 5.92 Å². The van der Waals surface area contributed by atoms with E-state index in [-0.39, 0.29) is 5.91 Å². The van der Waals surface area contributed by atoms with Crippen LogP contribution in [0.15, 0.2) is 24.3 Å². The van der Waals surface area contributed by atoms with Crippen molar-refractivity contribution in [2.24, 2.45) is 5.92 Å². The number of aromatic nitrogens is 6. The summed E-state index contributed by atoms with van der Waals surface area (Å²) in [5.74, 6) is 0.898. The first-order valence-electron chi connectivity index (χ1n) is 8.07. The first-order valence-corrected chi connectivity index (χ1v) is 8.88. The molecule has 2 aromatic heterocycles. The van der Waals surface area contributed by atoms with Crippen molar-refractivity contribution < 1.29 is 4.79 Å². The van der Waals surface area contributed by atoms with Gasteiger partial charge in [0.25, 0.3) is 5.91 Å². The molecule has 0 saturated carbocycles. The third kappa shape index (κ3) is 4.05. The lowest BCUT2D eigenvalue weighted by Crippen LogP contribution is -2.12. The van der Waals surface area contributed by atoms with Gasteiger partial charge in [-0.25, -0.2) is 4.68 Å². The molecule has 0 fully saturated rings. The van der Waals surface area contributed by atoms with Crippen molar-refractivity contribution in [2.75, 3.05) is 5.32 Å². The summed E-state index contributed by atoms with van der Waals surface area (Å²) < 4.78 is 1.68. The normalized spacial score (nSPS) is 11.0. The number of aryl methyl sites for hydroxylation is 1. The molecule has 0 bridgehead atoms. The van der Waals surface area contributed by atoms with Gasteiger partial charge in [0, 0.05) is 24.1 Å². The Kier molecular flexibility index (Phi) is 5.13. The second-order valence-corrected chi connectivity index (χ2v) is 7.01. The quantitative estimate of drug-likeness (QED) is 0.728. The highest BCUT2D eigenvalue weighted by atomic mass is 32.1. The molecule has 0 aliphatic heterocycles. The van der Waals surface area contributed by atoms with E-state index in [9.17, 15) is 4.79 Å². The Balaban J connectivity index is 1.76. The summed E-state index contributed by atoms with van der Waals surface area (Å²) in [4.78, 5) is 12.5. The van der Waals surface area contributed by atoms with Crippen LogP contribution in [0.25, 0.3) is 11.4 Å². The van der Waals surface area contributed by atoms with Gasteiger partial charge in [0.05, 0.1) is 0 Å². The van der Waals surface area contributed by atoms with Crippen molar-refractivity contribution in [3.63, 3.8) is 0 Å². The first kappa shape index (κ1) is 17.2. The molecule has 0 unspecified atom stereocenters. The van der Waals surface area contributed by atoms with E-state index in [1.54, 1.807) is 16.8 Å². The summed E-state index contributed by atoms with van der Waals surface area (Å²) in [5, 5.41) is 24.0. The van der Waals surface area contributed by atoms with Crippen LogP contribution in [0.3, 0.4) is 0 Å². The monoisotopic (exact) mass is 357 g/mol. The number of hydrogen-bond acceptors (Lipinski definition) is 7. The lowest BCUT2D eigenvalue weighted by molar-refractivity contribution is 0.102. The zero-order chi connectivity index (χ0) is 17.8. The number of carbonyl (C=O) groups excluding carboxylic acids is 1. The van der Waals surface area contributed by atoms with Crippen molar-refractivity contribution in [1.29, 1.82) is 0 Å². The van der Waals surface area contributed by atoms with E-state index < -0.39 is 0 Å². The smallest absolute Gasteiger partial charge is 0.257 e. The average Bonchev–Trinajstić information content (AvgIpc) is 3.23. The summed E-state index contributed by atoms with van der Waals surface area (Å²) in [6, 6.07) is 7.20. The minimum Gasteiger partial charge on any atom is -0.296 e. The molecular formula is C16H19N7OS. The van der Waals surface area contributed by atoms with Gasteiger partial charge in [0.15, 0.2) is 5.82 Å². The van der Waals surface area contributed by atoms with E-state index in [1.807, 2.05) is 19.1 Å². The zero-order valence-electron chi connectivity index (χ0n) is 14.3. The SMILES string of the molecule is CCn1nnnc1-c1cccc(C(=O)Nc2nnc(CC(C)C)s2)c1. The maximum atomic E-state index is 12.5. The molecule has 0 spiro atoms. The van der Waals surface area contributed by atoms with Crippen LogP contribution in [0.1, 0.15) is 36.1 Å².